The average molecular weight is 268 g/mol. The zero-order valence-corrected chi connectivity index (χ0v) is 11.7. The standard InChI is InChI=1S/C12H16O5Si/c1-6-8-15-11(13)10(17-18(3,4)5)12(14)16-9-7-2/h1-2,10H,8-9H2,3-5H3. The van der Waals surface area contributed by atoms with E-state index < -0.39 is 26.4 Å². The van der Waals surface area contributed by atoms with Crippen LogP contribution in [0.25, 0.3) is 0 Å². The minimum Gasteiger partial charge on any atom is -0.450 e. The first kappa shape index (κ1) is 16.2. The molecule has 0 atom stereocenters. The number of carbonyl (C=O) groups is 2. The summed E-state index contributed by atoms with van der Waals surface area (Å²) in [6.07, 6.45) is 8.48. The van der Waals surface area contributed by atoms with Crippen LogP contribution in [0.15, 0.2) is 0 Å². The van der Waals surface area contributed by atoms with Crippen LogP contribution in [-0.2, 0) is 23.5 Å². The third-order valence-electron chi connectivity index (χ3n) is 1.50. The lowest BCUT2D eigenvalue weighted by molar-refractivity contribution is -0.165. The van der Waals surface area contributed by atoms with Gasteiger partial charge in [0.1, 0.15) is 0 Å². The molecule has 0 aromatic carbocycles. The zero-order chi connectivity index (χ0) is 14.2. The molecule has 98 valence electrons. The first-order chi connectivity index (χ1) is 8.31. The Balaban J connectivity index is 4.72. The quantitative estimate of drug-likeness (QED) is 0.305. The van der Waals surface area contributed by atoms with Gasteiger partial charge in [0.2, 0.25) is 6.10 Å². The highest BCUT2D eigenvalue weighted by molar-refractivity contribution is 6.70. The molecule has 0 radical (unpaired) electrons. The molecule has 5 nitrogen and oxygen atoms in total. The molecule has 0 aromatic rings. The van der Waals surface area contributed by atoms with Crippen molar-refractivity contribution in [2.24, 2.45) is 0 Å². The number of esters is 2. The highest BCUT2D eigenvalue weighted by atomic mass is 28.4. The van der Waals surface area contributed by atoms with Crippen LogP contribution in [0.2, 0.25) is 19.6 Å². The maximum absolute atomic E-state index is 11.6. The van der Waals surface area contributed by atoms with Crippen molar-refractivity contribution in [3.63, 3.8) is 0 Å². The van der Waals surface area contributed by atoms with Crippen molar-refractivity contribution in [3.8, 4) is 24.7 Å². The molecule has 6 heteroatoms. The van der Waals surface area contributed by atoms with Gasteiger partial charge in [0.15, 0.2) is 21.5 Å². The van der Waals surface area contributed by atoms with Crippen LogP contribution in [-0.4, -0.2) is 39.6 Å². The number of terminal acetylenes is 2. The van der Waals surface area contributed by atoms with Gasteiger partial charge in [-0.2, -0.15) is 0 Å². The second kappa shape index (κ2) is 7.54. The Morgan fingerprint density at radius 1 is 1.06 bits per heavy atom. The third kappa shape index (κ3) is 6.74. The highest BCUT2D eigenvalue weighted by Crippen LogP contribution is 2.10. The smallest absolute Gasteiger partial charge is 0.346 e. The van der Waals surface area contributed by atoms with E-state index in [1.54, 1.807) is 0 Å². The number of hydrogen-bond acceptors (Lipinski definition) is 5. The summed E-state index contributed by atoms with van der Waals surface area (Å²) in [5.41, 5.74) is 0. The average Bonchev–Trinajstić information content (AvgIpc) is 2.28. The monoisotopic (exact) mass is 268 g/mol. The molecule has 0 aromatic heterocycles. The van der Waals surface area contributed by atoms with Crippen molar-refractivity contribution in [1.82, 2.24) is 0 Å². The van der Waals surface area contributed by atoms with Gasteiger partial charge in [-0.3, -0.25) is 0 Å². The fourth-order valence-electron chi connectivity index (χ4n) is 0.923. The molecule has 0 heterocycles. The summed E-state index contributed by atoms with van der Waals surface area (Å²) in [7, 11) is -2.13. The summed E-state index contributed by atoms with van der Waals surface area (Å²) in [4.78, 5) is 23.2. The van der Waals surface area contributed by atoms with Crippen LogP contribution in [0.1, 0.15) is 0 Å². The van der Waals surface area contributed by atoms with Crippen molar-refractivity contribution in [3.05, 3.63) is 0 Å². The van der Waals surface area contributed by atoms with Crippen LogP contribution >= 0.6 is 0 Å². The van der Waals surface area contributed by atoms with Gasteiger partial charge in [-0.15, -0.1) is 12.8 Å². The van der Waals surface area contributed by atoms with Crippen LogP contribution in [0, 0.1) is 24.7 Å². The number of ether oxygens (including phenoxy) is 2. The van der Waals surface area contributed by atoms with Gasteiger partial charge in [0, 0.05) is 0 Å². The van der Waals surface area contributed by atoms with Gasteiger partial charge in [-0.05, 0) is 19.6 Å². The predicted molar refractivity (Wildman–Crippen MR) is 67.8 cm³/mol. The molecule has 0 amide bonds. The molecular weight excluding hydrogens is 252 g/mol. The summed E-state index contributed by atoms with van der Waals surface area (Å²) in [5, 5.41) is 0. The van der Waals surface area contributed by atoms with Crippen LogP contribution in [0.4, 0.5) is 0 Å². The van der Waals surface area contributed by atoms with Crippen molar-refractivity contribution in [2.75, 3.05) is 13.2 Å². The van der Waals surface area contributed by atoms with Crippen molar-refractivity contribution >= 4 is 20.3 Å². The lowest BCUT2D eigenvalue weighted by Crippen LogP contribution is -2.43. The number of carbonyl (C=O) groups excluding carboxylic acids is 2. The maximum Gasteiger partial charge on any atom is 0.346 e. The van der Waals surface area contributed by atoms with Gasteiger partial charge in [-0.1, -0.05) is 11.8 Å². The second-order valence-corrected chi connectivity index (χ2v) is 8.69. The van der Waals surface area contributed by atoms with Crippen molar-refractivity contribution < 1.29 is 23.5 Å². The topological polar surface area (TPSA) is 61.8 Å². The first-order valence-electron chi connectivity index (χ1n) is 5.20. The summed E-state index contributed by atoms with van der Waals surface area (Å²) < 4.78 is 14.7. The molecule has 0 N–H and O–H groups in total. The molecule has 0 aliphatic heterocycles. The Bertz CT molecular complexity index is 353. The van der Waals surface area contributed by atoms with Crippen molar-refractivity contribution in [2.45, 2.75) is 25.7 Å². The van der Waals surface area contributed by atoms with Gasteiger partial charge in [0.05, 0.1) is 0 Å². The van der Waals surface area contributed by atoms with Crippen molar-refractivity contribution in [1.29, 1.82) is 0 Å². The Labute approximate surface area is 108 Å². The molecule has 0 spiro atoms. The predicted octanol–water partition coefficient (Wildman–Crippen LogP) is 0.559. The van der Waals surface area contributed by atoms with Gasteiger partial charge < -0.3 is 13.9 Å². The highest BCUT2D eigenvalue weighted by Gasteiger charge is 2.35. The van der Waals surface area contributed by atoms with E-state index in [9.17, 15) is 9.59 Å². The fraction of sp³-hybridized carbons (Fsp3) is 0.500. The van der Waals surface area contributed by atoms with E-state index in [4.69, 9.17) is 17.3 Å². The Morgan fingerprint density at radius 2 is 1.44 bits per heavy atom. The van der Waals surface area contributed by atoms with Crippen LogP contribution in [0.3, 0.4) is 0 Å². The minimum absolute atomic E-state index is 0.229. The summed E-state index contributed by atoms with van der Waals surface area (Å²) in [6, 6.07) is 0. The number of rotatable bonds is 6. The molecule has 18 heavy (non-hydrogen) atoms. The van der Waals surface area contributed by atoms with E-state index in [1.165, 1.54) is 0 Å². The minimum atomic E-state index is -2.13. The molecular formula is C12H16O5Si. The van der Waals surface area contributed by atoms with Crippen LogP contribution in [0.5, 0.6) is 0 Å². The van der Waals surface area contributed by atoms with Gasteiger partial charge in [-0.25, -0.2) is 9.59 Å². The van der Waals surface area contributed by atoms with E-state index in [-0.39, 0.29) is 13.2 Å². The normalized spacial score (nSPS) is 10.3. The molecule has 0 unspecified atom stereocenters. The summed E-state index contributed by atoms with van der Waals surface area (Å²) in [6.45, 7) is 5.01. The lowest BCUT2D eigenvalue weighted by Gasteiger charge is -2.23. The van der Waals surface area contributed by atoms with E-state index in [0.717, 1.165) is 0 Å². The third-order valence-corrected chi connectivity index (χ3v) is 2.44. The molecule has 0 aliphatic carbocycles. The first-order valence-corrected chi connectivity index (χ1v) is 8.60. The Hall–Kier alpha value is -1.76. The summed E-state index contributed by atoms with van der Waals surface area (Å²) >= 11 is 0. The van der Waals surface area contributed by atoms with E-state index in [0.29, 0.717) is 0 Å². The molecule has 0 aliphatic rings. The van der Waals surface area contributed by atoms with E-state index >= 15 is 0 Å². The number of hydrogen-bond donors (Lipinski definition) is 0. The maximum atomic E-state index is 11.6. The Kier molecular flexibility index (Phi) is 6.80. The lowest BCUT2D eigenvalue weighted by atomic mass is 10.4. The second-order valence-electron chi connectivity index (χ2n) is 4.23. The molecule has 0 fully saturated rings. The van der Waals surface area contributed by atoms with E-state index in [2.05, 4.69) is 21.3 Å². The van der Waals surface area contributed by atoms with Gasteiger partial charge >= 0.3 is 11.9 Å². The molecule has 0 rings (SSSR count). The summed E-state index contributed by atoms with van der Waals surface area (Å²) in [5.74, 6) is 2.53. The fourth-order valence-corrected chi connectivity index (χ4v) is 1.82. The Morgan fingerprint density at radius 3 is 1.72 bits per heavy atom. The molecule has 0 bridgehead atoms. The van der Waals surface area contributed by atoms with Gasteiger partial charge in [0.25, 0.3) is 0 Å². The van der Waals surface area contributed by atoms with Crippen LogP contribution < -0.4 is 0 Å². The molecule has 0 saturated carbocycles. The zero-order valence-electron chi connectivity index (χ0n) is 10.7. The SMILES string of the molecule is C#CCOC(=O)C(O[Si](C)(C)C)C(=O)OCC#C. The molecule has 0 saturated heterocycles. The van der Waals surface area contributed by atoms with E-state index in [1.807, 2.05) is 19.6 Å². The largest absolute Gasteiger partial charge is 0.450 e.